The molecular weight excluding hydrogens is 264 g/mol. The topological polar surface area (TPSA) is 97.8 Å². The second-order valence-corrected chi connectivity index (χ2v) is 4.80. The van der Waals surface area contributed by atoms with Crippen molar-refractivity contribution in [1.82, 2.24) is 4.57 Å². The van der Waals surface area contributed by atoms with Crippen LogP contribution >= 0.6 is 0 Å². The van der Waals surface area contributed by atoms with Crippen LogP contribution in [0.2, 0.25) is 0 Å². The van der Waals surface area contributed by atoms with E-state index in [9.17, 15) is 15.2 Å². The summed E-state index contributed by atoms with van der Waals surface area (Å²) in [6.45, 7) is -0.253. The van der Waals surface area contributed by atoms with Gasteiger partial charge in [0.25, 0.3) is 5.69 Å². The van der Waals surface area contributed by atoms with Crippen molar-refractivity contribution in [3.8, 4) is 0 Å². The van der Waals surface area contributed by atoms with Crippen LogP contribution in [0.15, 0.2) is 30.5 Å². The van der Waals surface area contributed by atoms with Gasteiger partial charge in [-0.25, -0.2) is 0 Å². The SMILES string of the molecule is O=[N+]([O-])c1cccc2c1ccn2[C@H]1CC(O)[C@@H](CO)O1. The van der Waals surface area contributed by atoms with Crippen LogP contribution in [0.25, 0.3) is 10.9 Å². The summed E-state index contributed by atoms with van der Waals surface area (Å²) in [6.07, 6.45) is 0.269. The Morgan fingerprint density at radius 2 is 2.25 bits per heavy atom. The normalized spacial score (nSPS) is 26.2. The van der Waals surface area contributed by atoms with Crippen molar-refractivity contribution in [2.75, 3.05) is 6.61 Å². The minimum absolute atomic E-state index is 0.0403. The zero-order valence-corrected chi connectivity index (χ0v) is 10.5. The molecule has 106 valence electrons. The standard InChI is InChI=1S/C13H14N2O5/c16-7-12-11(17)6-13(20-12)14-5-4-8-9(14)2-1-3-10(8)15(18)19/h1-5,11-13,16-17H,6-7H2/t11?,12-,13-/m1/s1. The molecule has 1 aromatic carbocycles. The van der Waals surface area contributed by atoms with E-state index in [0.717, 1.165) is 0 Å². The Bertz CT molecular complexity index is 653. The summed E-state index contributed by atoms with van der Waals surface area (Å²) in [4.78, 5) is 10.6. The number of benzene rings is 1. The Kier molecular flexibility index (Phi) is 3.17. The average molecular weight is 278 g/mol. The van der Waals surface area contributed by atoms with E-state index in [0.29, 0.717) is 17.3 Å². The molecule has 20 heavy (non-hydrogen) atoms. The lowest BCUT2D eigenvalue weighted by Gasteiger charge is -2.14. The van der Waals surface area contributed by atoms with Gasteiger partial charge in [-0.1, -0.05) is 6.07 Å². The highest BCUT2D eigenvalue weighted by Crippen LogP contribution is 2.34. The van der Waals surface area contributed by atoms with Gasteiger partial charge >= 0.3 is 0 Å². The van der Waals surface area contributed by atoms with Gasteiger partial charge in [-0.15, -0.1) is 0 Å². The molecule has 2 N–H and O–H groups in total. The van der Waals surface area contributed by atoms with E-state index in [4.69, 9.17) is 9.84 Å². The van der Waals surface area contributed by atoms with Gasteiger partial charge in [0.15, 0.2) is 0 Å². The summed E-state index contributed by atoms with van der Waals surface area (Å²) < 4.78 is 7.32. The lowest BCUT2D eigenvalue weighted by atomic mass is 10.2. The van der Waals surface area contributed by atoms with E-state index in [1.807, 2.05) is 0 Å². The average Bonchev–Trinajstić information content (AvgIpc) is 3.01. The Labute approximate surface area is 114 Å². The zero-order valence-electron chi connectivity index (χ0n) is 10.5. The fourth-order valence-corrected chi connectivity index (χ4v) is 2.63. The number of nitro benzene ring substituents is 1. The number of hydrogen-bond acceptors (Lipinski definition) is 5. The molecule has 0 aliphatic carbocycles. The number of hydrogen-bond donors (Lipinski definition) is 2. The minimum atomic E-state index is -0.735. The molecule has 0 amide bonds. The third kappa shape index (κ3) is 1.96. The van der Waals surface area contributed by atoms with E-state index in [2.05, 4.69) is 0 Å². The molecule has 7 heteroatoms. The van der Waals surface area contributed by atoms with Crippen LogP contribution in [0.1, 0.15) is 12.6 Å². The molecule has 1 aliphatic heterocycles. The smallest absolute Gasteiger partial charge is 0.278 e. The lowest BCUT2D eigenvalue weighted by molar-refractivity contribution is -0.383. The van der Waals surface area contributed by atoms with Gasteiger partial charge in [0, 0.05) is 18.7 Å². The largest absolute Gasteiger partial charge is 0.394 e. The number of fused-ring (bicyclic) bond motifs is 1. The van der Waals surface area contributed by atoms with Gasteiger partial charge in [0.1, 0.15) is 12.3 Å². The van der Waals surface area contributed by atoms with Crippen molar-refractivity contribution in [3.05, 3.63) is 40.6 Å². The number of nitro groups is 1. The molecular formula is C13H14N2O5. The molecule has 0 saturated carbocycles. The zero-order chi connectivity index (χ0) is 14.3. The fourth-order valence-electron chi connectivity index (χ4n) is 2.63. The molecule has 2 heterocycles. The summed E-state index contributed by atoms with van der Waals surface area (Å²) in [6, 6.07) is 6.50. The molecule has 0 spiro atoms. The quantitative estimate of drug-likeness (QED) is 0.649. The molecule has 3 atom stereocenters. The second kappa shape index (κ2) is 4.86. The number of aromatic nitrogens is 1. The lowest BCUT2D eigenvalue weighted by Crippen LogP contribution is -2.24. The van der Waals surface area contributed by atoms with E-state index < -0.39 is 23.4 Å². The van der Waals surface area contributed by atoms with Crippen molar-refractivity contribution in [1.29, 1.82) is 0 Å². The third-order valence-corrected chi connectivity index (χ3v) is 3.63. The second-order valence-electron chi connectivity index (χ2n) is 4.80. The van der Waals surface area contributed by atoms with E-state index in [1.54, 1.807) is 29.0 Å². The van der Waals surface area contributed by atoms with Gasteiger partial charge in [-0.3, -0.25) is 10.1 Å². The van der Waals surface area contributed by atoms with Crippen molar-refractivity contribution in [3.63, 3.8) is 0 Å². The summed E-state index contributed by atoms with van der Waals surface area (Å²) in [5.41, 5.74) is 0.716. The number of non-ortho nitro benzene ring substituents is 1. The molecule has 3 rings (SSSR count). The molecule has 1 aliphatic rings. The van der Waals surface area contributed by atoms with Crippen molar-refractivity contribution >= 4 is 16.6 Å². The molecule has 7 nitrogen and oxygen atoms in total. The molecule has 2 aromatic rings. The van der Waals surface area contributed by atoms with Crippen LogP contribution in [-0.2, 0) is 4.74 Å². The van der Waals surface area contributed by atoms with E-state index >= 15 is 0 Å². The highest BCUT2D eigenvalue weighted by Gasteiger charge is 2.35. The van der Waals surface area contributed by atoms with Gasteiger partial charge in [0.2, 0.25) is 0 Å². The Hall–Kier alpha value is -1.96. The van der Waals surface area contributed by atoms with Gasteiger partial charge < -0.3 is 19.5 Å². The van der Waals surface area contributed by atoms with Gasteiger partial charge in [-0.05, 0) is 12.1 Å². The van der Waals surface area contributed by atoms with Crippen molar-refractivity contribution in [2.24, 2.45) is 0 Å². The van der Waals surface area contributed by atoms with Crippen LogP contribution in [0, 0.1) is 10.1 Å². The van der Waals surface area contributed by atoms with Crippen LogP contribution < -0.4 is 0 Å². The Balaban J connectivity index is 2.02. The van der Waals surface area contributed by atoms with Crippen molar-refractivity contribution < 1.29 is 19.9 Å². The number of rotatable bonds is 3. The van der Waals surface area contributed by atoms with Crippen LogP contribution in [0.5, 0.6) is 0 Å². The van der Waals surface area contributed by atoms with Gasteiger partial charge in [0.05, 0.1) is 28.5 Å². The maximum atomic E-state index is 11.0. The van der Waals surface area contributed by atoms with Crippen LogP contribution in [-0.4, -0.2) is 38.5 Å². The van der Waals surface area contributed by atoms with Crippen LogP contribution in [0.3, 0.4) is 0 Å². The molecule has 1 fully saturated rings. The number of aliphatic hydroxyl groups is 2. The van der Waals surface area contributed by atoms with E-state index in [1.165, 1.54) is 6.07 Å². The summed E-state index contributed by atoms with van der Waals surface area (Å²) >= 11 is 0. The third-order valence-electron chi connectivity index (χ3n) is 3.63. The fraction of sp³-hybridized carbons (Fsp3) is 0.385. The molecule has 1 aromatic heterocycles. The molecule has 1 unspecified atom stereocenters. The number of nitrogens with zero attached hydrogens (tertiary/aromatic N) is 2. The summed E-state index contributed by atoms with van der Waals surface area (Å²) in [5.74, 6) is 0. The predicted molar refractivity (Wildman–Crippen MR) is 70.2 cm³/mol. The molecule has 1 saturated heterocycles. The van der Waals surface area contributed by atoms with Gasteiger partial charge in [-0.2, -0.15) is 0 Å². The monoisotopic (exact) mass is 278 g/mol. The van der Waals surface area contributed by atoms with E-state index in [-0.39, 0.29) is 12.3 Å². The van der Waals surface area contributed by atoms with Crippen molar-refractivity contribution in [2.45, 2.75) is 24.9 Å². The Morgan fingerprint density at radius 3 is 2.90 bits per heavy atom. The highest BCUT2D eigenvalue weighted by molar-refractivity contribution is 5.89. The summed E-state index contributed by atoms with van der Waals surface area (Å²) in [5, 5.41) is 30.4. The maximum Gasteiger partial charge on any atom is 0.278 e. The first-order valence-electron chi connectivity index (χ1n) is 6.30. The summed E-state index contributed by atoms with van der Waals surface area (Å²) in [7, 11) is 0. The molecule has 0 radical (unpaired) electrons. The van der Waals surface area contributed by atoms with Crippen LogP contribution in [0.4, 0.5) is 5.69 Å². The number of aliphatic hydroxyl groups excluding tert-OH is 2. The number of ether oxygens (including phenoxy) is 1. The first kappa shape index (κ1) is 13.0. The highest BCUT2D eigenvalue weighted by atomic mass is 16.6. The predicted octanol–water partition coefficient (Wildman–Crippen LogP) is 1.19. The minimum Gasteiger partial charge on any atom is -0.394 e. The Morgan fingerprint density at radius 1 is 1.45 bits per heavy atom. The maximum absolute atomic E-state index is 11.0. The first-order chi connectivity index (χ1) is 9.61. The first-order valence-corrected chi connectivity index (χ1v) is 6.30. The molecule has 0 bridgehead atoms.